The highest BCUT2D eigenvalue weighted by molar-refractivity contribution is 5.81. The van der Waals surface area contributed by atoms with Crippen LogP contribution in [0.3, 0.4) is 0 Å². The van der Waals surface area contributed by atoms with Crippen LogP contribution < -0.4 is 5.43 Å². The van der Waals surface area contributed by atoms with Gasteiger partial charge in [0.1, 0.15) is 0 Å². The van der Waals surface area contributed by atoms with Crippen molar-refractivity contribution in [1.82, 2.24) is 5.43 Å². The van der Waals surface area contributed by atoms with Crippen LogP contribution >= 0.6 is 0 Å². The lowest BCUT2D eigenvalue weighted by Gasteiger charge is -2.22. The minimum Gasteiger partial charge on any atom is -0.305 e. The molecule has 0 aromatic rings. The van der Waals surface area contributed by atoms with Crippen LogP contribution in [0.4, 0.5) is 0 Å². The summed E-state index contributed by atoms with van der Waals surface area (Å²) in [4.78, 5) is 0. The van der Waals surface area contributed by atoms with Crippen molar-refractivity contribution in [2.45, 2.75) is 53.0 Å². The first-order valence-electron chi connectivity index (χ1n) is 4.32. The first-order chi connectivity index (χ1) is 5.02. The predicted octanol–water partition coefficient (Wildman–Crippen LogP) is 2.55. The number of nitrogens with one attached hydrogen (secondary N) is 1. The Balaban J connectivity index is 3.86. The quantitative estimate of drug-likeness (QED) is 0.491. The fourth-order valence-corrected chi connectivity index (χ4v) is 0.405. The first-order valence-corrected chi connectivity index (χ1v) is 4.32. The molecule has 0 aliphatic heterocycles. The second-order valence-electron chi connectivity index (χ2n) is 3.55. The molecule has 0 aromatic carbocycles. The summed E-state index contributed by atoms with van der Waals surface area (Å²) in [7, 11) is 0. The molecule has 0 atom stereocenters. The highest BCUT2D eigenvalue weighted by Gasteiger charge is 2.11. The standard InChI is InChI=1S/C9H20N2/c1-6-8(3)10-11-9(4,5)7-2/h11H,6-7H2,1-5H3. The average Bonchev–Trinajstić information content (AvgIpc) is 2.00. The third-order valence-corrected chi connectivity index (χ3v) is 1.94. The Hall–Kier alpha value is -0.530. The minimum absolute atomic E-state index is 0.135. The van der Waals surface area contributed by atoms with Crippen LogP contribution in [0.1, 0.15) is 47.5 Å². The van der Waals surface area contributed by atoms with Crippen LogP contribution in [0, 0.1) is 0 Å². The smallest absolute Gasteiger partial charge is 0.0490 e. The Labute approximate surface area is 70.1 Å². The van der Waals surface area contributed by atoms with Crippen molar-refractivity contribution < 1.29 is 0 Å². The highest BCUT2D eigenvalue weighted by atomic mass is 15.3. The van der Waals surface area contributed by atoms with Gasteiger partial charge in [-0.15, -0.1) is 0 Å². The maximum atomic E-state index is 4.25. The molecule has 0 fully saturated rings. The number of hydrogen-bond donors (Lipinski definition) is 1. The molecular weight excluding hydrogens is 136 g/mol. The van der Waals surface area contributed by atoms with Crippen LogP contribution in [0.5, 0.6) is 0 Å². The van der Waals surface area contributed by atoms with E-state index >= 15 is 0 Å². The lowest BCUT2D eigenvalue weighted by Crippen LogP contribution is -2.35. The molecule has 2 heteroatoms. The molecule has 0 saturated heterocycles. The van der Waals surface area contributed by atoms with Crippen LogP contribution in [-0.4, -0.2) is 11.3 Å². The van der Waals surface area contributed by atoms with Gasteiger partial charge in [-0.25, -0.2) is 0 Å². The molecule has 0 unspecified atom stereocenters. The Morgan fingerprint density at radius 2 is 1.91 bits per heavy atom. The van der Waals surface area contributed by atoms with Gasteiger partial charge in [-0.1, -0.05) is 13.8 Å². The van der Waals surface area contributed by atoms with Gasteiger partial charge in [0.2, 0.25) is 0 Å². The molecule has 0 spiro atoms. The maximum absolute atomic E-state index is 4.25. The van der Waals surface area contributed by atoms with Crippen LogP contribution in [0.2, 0.25) is 0 Å². The van der Waals surface area contributed by atoms with Gasteiger partial charge < -0.3 is 5.43 Å². The van der Waals surface area contributed by atoms with Gasteiger partial charge in [-0.05, 0) is 33.6 Å². The number of hydrazone groups is 1. The van der Waals surface area contributed by atoms with Crippen LogP contribution in [-0.2, 0) is 0 Å². The largest absolute Gasteiger partial charge is 0.305 e. The van der Waals surface area contributed by atoms with E-state index in [1.807, 2.05) is 6.92 Å². The van der Waals surface area contributed by atoms with E-state index in [1.165, 1.54) is 0 Å². The Morgan fingerprint density at radius 1 is 1.36 bits per heavy atom. The van der Waals surface area contributed by atoms with Gasteiger partial charge in [0, 0.05) is 11.3 Å². The van der Waals surface area contributed by atoms with E-state index in [0.717, 1.165) is 18.6 Å². The summed E-state index contributed by atoms with van der Waals surface area (Å²) < 4.78 is 0. The summed E-state index contributed by atoms with van der Waals surface area (Å²) in [5.74, 6) is 0. The molecule has 0 rings (SSSR count). The van der Waals surface area contributed by atoms with E-state index in [4.69, 9.17) is 0 Å². The fraction of sp³-hybridized carbons (Fsp3) is 0.889. The monoisotopic (exact) mass is 156 g/mol. The maximum Gasteiger partial charge on any atom is 0.0490 e. The summed E-state index contributed by atoms with van der Waals surface area (Å²) in [6.07, 6.45) is 2.11. The first kappa shape index (κ1) is 10.5. The topological polar surface area (TPSA) is 24.4 Å². The molecule has 0 heterocycles. The normalized spacial score (nSPS) is 13.4. The molecule has 0 aliphatic rings. The Bertz CT molecular complexity index is 136. The molecule has 66 valence electrons. The van der Waals surface area contributed by atoms with Crippen molar-refractivity contribution in [2.24, 2.45) is 5.10 Å². The second kappa shape index (κ2) is 4.37. The summed E-state index contributed by atoms with van der Waals surface area (Å²) in [6.45, 7) is 10.6. The predicted molar refractivity (Wildman–Crippen MR) is 50.9 cm³/mol. The zero-order valence-electron chi connectivity index (χ0n) is 8.36. The van der Waals surface area contributed by atoms with E-state index < -0.39 is 0 Å². The van der Waals surface area contributed by atoms with E-state index in [2.05, 4.69) is 38.2 Å². The van der Waals surface area contributed by atoms with Crippen molar-refractivity contribution in [3.05, 3.63) is 0 Å². The summed E-state index contributed by atoms with van der Waals surface area (Å²) >= 11 is 0. The van der Waals surface area contributed by atoms with Crippen molar-refractivity contribution in [3.8, 4) is 0 Å². The number of rotatable bonds is 4. The second-order valence-corrected chi connectivity index (χ2v) is 3.55. The zero-order chi connectivity index (χ0) is 8.91. The SMILES string of the molecule is CCC(C)=NNC(C)(C)CC. The Morgan fingerprint density at radius 3 is 2.27 bits per heavy atom. The molecule has 0 bridgehead atoms. The summed E-state index contributed by atoms with van der Waals surface area (Å²) in [6, 6.07) is 0. The lowest BCUT2D eigenvalue weighted by atomic mass is 10.0. The molecular formula is C9H20N2. The number of nitrogens with zero attached hydrogens (tertiary/aromatic N) is 1. The van der Waals surface area contributed by atoms with Crippen molar-refractivity contribution in [1.29, 1.82) is 0 Å². The van der Waals surface area contributed by atoms with Gasteiger partial charge in [-0.2, -0.15) is 5.10 Å². The van der Waals surface area contributed by atoms with Gasteiger partial charge in [-0.3, -0.25) is 0 Å². The van der Waals surface area contributed by atoms with Gasteiger partial charge in [0.15, 0.2) is 0 Å². The van der Waals surface area contributed by atoms with Crippen LogP contribution in [0.15, 0.2) is 5.10 Å². The van der Waals surface area contributed by atoms with Gasteiger partial charge >= 0.3 is 0 Å². The van der Waals surface area contributed by atoms with Crippen LogP contribution in [0.25, 0.3) is 0 Å². The third-order valence-electron chi connectivity index (χ3n) is 1.94. The fourth-order valence-electron chi connectivity index (χ4n) is 0.405. The highest BCUT2D eigenvalue weighted by Crippen LogP contribution is 2.06. The summed E-state index contributed by atoms with van der Waals surface area (Å²) in [5, 5.41) is 4.25. The van der Waals surface area contributed by atoms with E-state index in [-0.39, 0.29) is 5.54 Å². The molecule has 11 heavy (non-hydrogen) atoms. The molecule has 0 radical (unpaired) electrons. The minimum atomic E-state index is 0.135. The molecule has 1 N–H and O–H groups in total. The molecule has 0 aromatic heterocycles. The van der Waals surface area contributed by atoms with E-state index in [1.54, 1.807) is 0 Å². The third kappa shape index (κ3) is 4.82. The molecule has 0 aliphatic carbocycles. The molecule has 2 nitrogen and oxygen atoms in total. The number of hydrogen-bond acceptors (Lipinski definition) is 2. The van der Waals surface area contributed by atoms with Crippen molar-refractivity contribution >= 4 is 5.71 Å². The van der Waals surface area contributed by atoms with Crippen molar-refractivity contribution in [3.63, 3.8) is 0 Å². The molecule has 0 saturated carbocycles. The summed E-state index contributed by atoms with van der Waals surface area (Å²) in [5.41, 5.74) is 4.44. The zero-order valence-corrected chi connectivity index (χ0v) is 8.36. The molecule has 0 amide bonds. The van der Waals surface area contributed by atoms with Gasteiger partial charge in [0.25, 0.3) is 0 Å². The van der Waals surface area contributed by atoms with Crippen molar-refractivity contribution in [2.75, 3.05) is 0 Å². The lowest BCUT2D eigenvalue weighted by molar-refractivity contribution is 0.387. The average molecular weight is 156 g/mol. The van der Waals surface area contributed by atoms with E-state index in [9.17, 15) is 0 Å². The van der Waals surface area contributed by atoms with Gasteiger partial charge in [0.05, 0.1) is 0 Å². The Kier molecular flexibility index (Phi) is 4.16. The van der Waals surface area contributed by atoms with E-state index in [0.29, 0.717) is 0 Å².